The molecule has 0 spiro atoms. The first-order chi connectivity index (χ1) is 4.27. The standard InChI is InChI=1S/C7H16OSi/c1-3-4-5-6-7-9(2)8/h3-4,8-9H,5-7H2,1-2H3. The van der Waals surface area contributed by atoms with Gasteiger partial charge in [0.1, 0.15) is 0 Å². The lowest BCUT2D eigenvalue weighted by molar-refractivity contribution is 0.572. The quantitative estimate of drug-likeness (QED) is 0.362. The first kappa shape index (κ1) is 8.92. The number of rotatable bonds is 4. The van der Waals surface area contributed by atoms with Gasteiger partial charge in [-0.25, -0.2) is 0 Å². The van der Waals surface area contributed by atoms with Crippen molar-refractivity contribution in [1.29, 1.82) is 0 Å². The Labute approximate surface area is 59.1 Å². The van der Waals surface area contributed by atoms with Crippen molar-refractivity contribution in [3.8, 4) is 0 Å². The van der Waals surface area contributed by atoms with Crippen LogP contribution in [0.4, 0.5) is 0 Å². The first-order valence-corrected chi connectivity index (χ1v) is 6.05. The second-order valence-corrected chi connectivity index (χ2v) is 4.62. The molecule has 0 aromatic carbocycles. The third-order valence-corrected chi connectivity index (χ3v) is 2.47. The van der Waals surface area contributed by atoms with E-state index in [1.165, 1.54) is 0 Å². The van der Waals surface area contributed by atoms with Crippen LogP contribution in [-0.2, 0) is 0 Å². The maximum Gasteiger partial charge on any atom is 0.169 e. The topological polar surface area (TPSA) is 20.2 Å². The predicted octanol–water partition coefficient (Wildman–Crippen LogP) is 1.69. The molecule has 0 aromatic heterocycles. The van der Waals surface area contributed by atoms with Crippen molar-refractivity contribution in [2.45, 2.75) is 32.4 Å². The summed E-state index contributed by atoms with van der Waals surface area (Å²) in [5.41, 5.74) is 0. The molecule has 0 aliphatic carbocycles. The zero-order valence-electron chi connectivity index (χ0n) is 6.30. The molecule has 0 aliphatic rings. The van der Waals surface area contributed by atoms with Crippen LogP contribution in [-0.4, -0.2) is 13.8 Å². The molecule has 2 heteroatoms. The fourth-order valence-electron chi connectivity index (χ4n) is 0.698. The molecule has 0 bridgehead atoms. The summed E-state index contributed by atoms with van der Waals surface area (Å²) in [6, 6.07) is 1.06. The lowest BCUT2D eigenvalue weighted by atomic mass is 10.3. The van der Waals surface area contributed by atoms with Gasteiger partial charge in [0.2, 0.25) is 0 Å². The van der Waals surface area contributed by atoms with E-state index < -0.39 is 9.04 Å². The molecule has 0 rings (SSSR count). The Morgan fingerprint density at radius 3 is 2.67 bits per heavy atom. The molecule has 0 fully saturated rings. The largest absolute Gasteiger partial charge is 0.435 e. The molecule has 1 N–H and O–H groups in total. The van der Waals surface area contributed by atoms with Crippen molar-refractivity contribution in [1.82, 2.24) is 0 Å². The van der Waals surface area contributed by atoms with Gasteiger partial charge >= 0.3 is 0 Å². The van der Waals surface area contributed by atoms with Gasteiger partial charge in [-0.05, 0) is 25.9 Å². The summed E-state index contributed by atoms with van der Waals surface area (Å²) in [5.74, 6) is 0. The number of allylic oxidation sites excluding steroid dienone is 2. The Morgan fingerprint density at radius 1 is 1.56 bits per heavy atom. The minimum absolute atomic E-state index is 1.06. The Kier molecular flexibility index (Phi) is 5.99. The van der Waals surface area contributed by atoms with Crippen molar-refractivity contribution in [3.63, 3.8) is 0 Å². The van der Waals surface area contributed by atoms with Crippen molar-refractivity contribution >= 4 is 9.04 Å². The normalized spacial score (nSPS) is 14.6. The van der Waals surface area contributed by atoms with Crippen molar-refractivity contribution in [2.24, 2.45) is 0 Å². The van der Waals surface area contributed by atoms with Crippen molar-refractivity contribution in [2.75, 3.05) is 0 Å². The second kappa shape index (κ2) is 6.04. The van der Waals surface area contributed by atoms with Gasteiger partial charge in [0.25, 0.3) is 0 Å². The van der Waals surface area contributed by atoms with Crippen LogP contribution in [0.25, 0.3) is 0 Å². The van der Waals surface area contributed by atoms with Crippen molar-refractivity contribution < 1.29 is 4.80 Å². The second-order valence-electron chi connectivity index (χ2n) is 2.35. The van der Waals surface area contributed by atoms with Gasteiger partial charge in [0.05, 0.1) is 0 Å². The van der Waals surface area contributed by atoms with E-state index in [-0.39, 0.29) is 0 Å². The molecule has 1 atom stereocenters. The van der Waals surface area contributed by atoms with Crippen LogP contribution in [0.3, 0.4) is 0 Å². The van der Waals surface area contributed by atoms with Crippen LogP contribution in [0.1, 0.15) is 19.8 Å². The number of unbranched alkanes of at least 4 members (excludes halogenated alkanes) is 1. The number of hydrogen-bond acceptors (Lipinski definition) is 1. The molecule has 0 saturated carbocycles. The summed E-state index contributed by atoms with van der Waals surface area (Å²) in [6.45, 7) is 4.00. The molecule has 0 heterocycles. The third kappa shape index (κ3) is 7.92. The first-order valence-electron chi connectivity index (χ1n) is 3.56. The molecule has 54 valence electrons. The molecule has 1 unspecified atom stereocenters. The molecule has 0 aliphatic heterocycles. The highest BCUT2D eigenvalue weighted by molar-refractivity contribution is 6.48. The summed E-state index contributed by atoms with van der Waals surface area (Å²) in [7, 11) is -1.25. The average molecular weight is 144 g/mol. The minimum Gasteiger partial charge on any atom is -0.435 e. The Hall–Kier alpha value is -0.0831. The fourth-order valence-corrected chi connectivity index (χ4v) is 1.52. The molecule has 0 saturated heterocycles. The minimum atomic E-state index is -1.25. The Balaban J connectivity index is 2.91. The summed E-state index contributed by atoms with van der Waals surface area (Å²) in [6.07, 6.45) is 6.50. The predicted molar refractivity (Wildman–Crippen MR) is 44.1 cm³/mol. The molecule has 0 radical (unpaired) electrons. The lowest BCUT2D eigenvalue weighted by Gasteiger charge is -1.96. The zero-order chi connectivity index (χ0) is 7.11. The Morgan fingerprint density at radius 2 is 2.22 bits per heavy atom. The van der Waals surface area contributed by atoms with E-state index >= 15 is 0 Å². The van der Waals surface area contributed by atoms with E-state index in [1.807, 2.05) is 13.5 Å². The maximum absolute atomic E-state index is 8.97. The number of hydrogen-bond donors (Lipinski definition) is 1. The summed E-state index contributed by atoms with van der Waals surface area (Å²) in [4.78, 5) is 8.97. The van der Waals surface area contributed by atoms with Crippen molar-refractivity contribution in [3.05, 3.63) is 12.2 Å². The summed E-state index contributed by atoms with van der Waals surface area (Å²) >= 11 is 0. The van der Waals surface area contributed by atoms with Gasteiger partial charge in [-0.1, -0.05) is 18.6 Å². The van der Waals surface area contributed by atoms with Crippen LogP contribution in [0, 0.1) is 0 Å². The van der Waals surface area contributed by atoms with Gasteiger partial charge in [-0.15, -0.1) is 0 Å². The third-order valence-electron chi connectivity index (χ3n) is 1.23. The van der Waals surface area contributed by atoms with E-state index in [1.54, 1.807) is 0 Å². The van der Waals surface area contributed by atoms with Crippen LogP contribution < -0.4 is 0 Å². The zero-order valence-corrected chi connectivity index (χ0v) is 7.46. The highest BCUT2D eigenvalue weighted by Crippen LogP contribution is 1.99. The van der Waals surface area contributed by atoms with Crippen LogP contribution in [0.2, 0.25) is 12.6 Å². The van der Waals surface area contributed by atoms with E-state index in [4.69, 9.17) is 4.80 Å². The SMILES string of the molecule is CC=CCCC[SiH](C)O. The lowest BCUT2D eigenvalue weighted by Crippen LogP contribution is -2.03. The smallest absolute Gasteiger partial charge is 0.169 e. The van der Waals surface area contributed by atoms with E-state index in [9.17, 15) is 0 Å². The van der Waals surface area contributed by atoms with Gasteiger partial charge in [-0.2, -0.15) is 0 Å². The monoisotopic (exact) mass is 144 g/mol. The van der Waals surface area contributed by atoms with Gasteiger partial charge in [0, 0.05) is 0 Å². The highest BCUT2D eigenvalue weighted by Gasteiger charge is 1.94. The van der Waals surface area contributed by atoms with Crippen LogP contribution in [0.15, 0.2) is 12.2 Å². The molecular weight excluding hydrogens is 128 g/mol. The van der Waals surface area contributed by atoms with Gasteiger partial charge in [0.15, 0.2) is 9.04 Å². The fraction of sp³-hybridized carbons (Fsp3) is 0.714. The van der Waals surface area contributed by atoms with E-state index in [0.717, 1.165) is 18.9 Å². The summed E-state index contributed by atoms with van der Waals surface area (Å²) < 4.78 is 0. The van der Waals surface area contributed by atoms with E-state index in [0.29, 0.717) is 0 Å². The molecule has 1 nitrogen and oxygen atoms in total. The Bertz CT molecular complexity index is 79.0. The maximum atomic E-state index is 8.97. The van der Waals surface area contributed by atoms with E-state index in [2.05, 4.69) is 12.2 Å². The average Bonchev–Trinajstić information content (AvgIpc) is 1.80. The molecule has 9 heavy (non-hydrogen) atoms. The highest BCUT2D eigenvalue weighted by atomic mass is 28.3. The summed E-state index contributed by atoms with van der Waals surface area (Å²) in [5, 5.41) is 0. The van der Waals surface area contributed by atoms with Crippen LogP contribution >= 0.6 is 0 Å². The van der Waals surface area contributed by atoms with Gasteiger partial charge in [-0.3, -0.25) is 0 Å². The molecule has 0 amide bonds. The van der Waals surface area contributed by atoms with Gasteiger partial charge < -0.3 is 4.80 Å². The van der Waals surface area contributed by atoms with Crippen LogP contribution in [0.5, 0.6) is 0 Å². The molecule has 0 aromatic rings. The molecular formula is C7H16OSi.